The molecule has 2 atom stereocenters. The van der Waals surface area contributed by atoms with Crippen molar-refractivity contribution in [3.05, 3.63) is 35.5 Å². The van der Waals surface area contributed by atoms with E-state index in [1.54, 1.807) is 0 Å². The number of rotatable bonds is 2. The van der Waals surface area contributed by atoms with Gasteiger partial charge in [0.05, 0.1) is 0 Å². The Kier molecular flexibility index (Phi) is 3.67. The third-order valence-electron chi connectivity index (χ3n) is 3.35. The highest BCUT2D eigenvalue weighted by Crippen LogP contribution is 2.32. The number of hydrogen-bond acceptors (Lipinski definition) is 1. The summed E-state index contributed by atoms with van der Waals surface area (Å²) in [6.45, 7) is 12.4. The van der Waals surface area contributed by atoms with Gasteiger partial charge in [-0.1, -0.05) is 43.7 Å². The molecular formula is C14H21N. The molecule has 1 aliphatic rings. The maximum Gasteiger partial charge on any atom is 0.0388 e. The fraction of sp³-hybridized carbons (Fsp3) is 0.500. The van der Waals surface area contributed by atoms with E-state index < -0.39 is 0 Å². The summed E-state index contributed by atoms with van der Waals surface area (Å²) in [5.74, 6) is 1.18. The lowest BCUT2D eigenvalue weighted by molar-refractivity contribution is 0.443. The van der Waals surface area contributed by atoms with Crippen molar-refractivity contribution in [2.45, 2.75) is 34.1 Å². The van der Waals surface area contributed by atoms with Gasteiger partial charge in [0.1, 0.15) is 0 Å². The van der Waals surface area contributed by atoms with Crippen molar-refractivity contribution in [1.29, 1.82) is 5.41 Å². The monoisotopic (exact) mass is 203 g/mol. The molecule has 1 rings (SSSR count). The van der Waals surface area contributed by atoms with Crippen molar-refractivity contribution in [3.8, 4) is 0 Å². The van der Waals surface area contributed by atoms with Crippen LogP contribution in [0.1, 0.15) is 34.1 Å². The number of hydrogen-bond donors (Lipinski definition) is 1. The first-order valence-corrected chi connectivity index (χ1v) is 5.55. The van der Waals surface area contributed by atoms with Crippen molar-refractivity contribution < 1.29 is 0 Å². The van der Waals surface area contributed by atoms with Gasteiger partial charge >= 0.3 is 0 Å². The van der Waals surface area contributed by atoms with Crippen molar-refractivity contribution >= 4 is 5.71 Å². The molecule has 0 bridgehead atoms. The van der Waals surface area contributed by atoms with Crippen LogP contribution in [0.4, 0.5) is 0 Å². The lowest BCUT2D eigenvalue weighted by Crippen LogP contribution is -2.22. The van der Waals surface area contributed by atoms with Gasteiger partial charge in [0.25, 0.3) is 0 Å². The van der Waals surface area contributed by atoms with Crippen molar-refractivity contribution in [2.75, 3.05) is 0 Å². The Labute approximate surface area is 93.1 Å². The molecule has 1 N–H and O–H groups in total. The molecule has 0 aromatic carbocycles. The maximum atomic E-state index is 8.00. The van der Waals surface area contributed by atoms with Gasteiger partial charge < -0.3 is 5.41 Å². The molecule has 2 unspecified atom stereocenters. The van der Waals surface area contributed by atoms with E-state index in [9.17, 15) is 0 Å². The van der Waals surface area contributed by atoms with Gasteiger partial charge in [-0.05, 0) is 37.7 Å². The Morgan fingerprint density at radius 2 is 2.07 bits per heavy atom. The predicted octanol–water partition coefficient (Wildman–Crippen LogP) is 4.13. The largest absolute Gasteiger partial charge is 0.305 e. The van der Waals surface area contributed by atoms with Crippen LogP contribution in [0.25, 0.3) is 0 Å². The second-order valence-corrected chi connectivity index (χ2v) is 4.73. The zero-order valence-corrected chi connectivity index (χ0v) is 10.2. The Balaban J connectivity index is 3.03. The van der Waals surface area contributed by atoms with Gasteiger partial charge in [-0.25, -0.2) is 0 Å². The summed E-state index contributed by atoms with van der Waals surface area (Å²) in [6.07, 6.45) is 4.94. The van der Waals surface area contributed by atoms with Crippen LogP contribution in [-0.4, -0.2) is 5.71 Å². The van der Waals surface area contributed by atoms with E-state index >= 15 is 0 Å². The molecule has 82 valence electrons. The first-order chi connectivity index (χ1) is 6.93. The Bertz CT molecular complexity index is 344. The molecule has 0 amide bonds. The topological polar surface area (TPSA) is 23.9 Å². The first-order valence-electron chi connectivity index (χ1n) is 5.55. The van der Waals surface area contributed by atoms with E-state index in [4.69, 9.17) is 5.41 Å². The number of nitrogens with one attached hydrogen (secondary N) is 1. The minimum absolute atomic E-state index is 0.587. The molecule has 0 aromatic heterocycles. The molecule has 15 heavy (non-hydrogen) atoms. The van der Waals surface area contributed by atoms with E-state index in [2.05, 4.69) is 27.4 Å². The zero-order chi connectivity index (χ0) is 11.6. The second kappa shape index (κ2) is 4.61. The van der Waals surface area contributed by atoms with Crippen LogP contribution in [0.3, 0.4) is 0 Å². The van der Waals surface area contributed by atoms with Crippen LogP contribution >= 0.6 is 0 Å². The average Bonchev–Trinajstić information content (AvgIpc) is 2.14. The number of allylic oxidation sites excluding steroid dienone is 5. The molecule has 1 aliphatic carbocycles. The third-order valence-corrected chi connectivity index (χ3v) is 3.35. The summed E-state index contributed by atoms with van der Waals surface area (Å²) in [6, 6.07) is 0. The molecule has 0 saturated carbocycles. The molecule has 1 heteroatoms. The summed E-state index contributed by atoms with van der Waals surface area (Å²) in [5, 5.41) is 8.00. The average molecular weight is 203 g/mol. The van der Waals surface area contributed by atoms with Crippen molar-refractivity contribution in [3.63, 3.8) is 0 Å². The van der Waals surface area contributed by atoms with E-state index in [1.807, 2.05) is 19.1 Å². The third kappa shape index (κ3) is 2.68. The first kappa shape index (κ1) is 12.0. The van der Waals surface area contributed by atoms with Crippen LogP contribution < -0.4 is 0 Å². The summed E-state index contributed by atoms with van der Waals surface area (Å²) >= 11 is 0. The van der Waals surface area contributed by atoms with Crippen LogP contribution in [0.5, 0.6) is 0 Å². The van der Waals surface area contributed by atoms with Gasteiger partial charge in [-0.2, -0.15) is 0 Å². The fourth-order valence-corrected chi connectivity index (χ4v) is 1.98. The molecule has 0 fully saturated rings. The predicted molar refractivity (Wildman–Crippen MR) is 67.3 cm³/mol. The zero-order valence-electron chi connectivity index (χ0n) is 10.2. The minimum atomic E-state index is 0.587. The van der Waals surface area contributed by atoms with Crippen LogP contribution in [0.2, 0.25) is 0 Å². The van der Waals surface area contributed by atoms with Gasteiger partial charge in [-0.3, -0.25) is 0 Å². The van der Waals surface area contributed by atoms with E-state index in [0.29, 0.717) is 11.8 Å². The van der Waals surface area contributed by atoms with E-state index in [1.165, 1.54) is 5.57 Å². The fourth-order valence-electron chi connectivity index (χ4n) is 1.98. The van der Waals surface area contributed by atoms with Gasteiger partial charge in [0.15, 0.2) is 0 Å². The van der Waals surface area contributed by atoms with Crippen LogP contribution in [0, 0.1) is 17.2 Å². The van der Waals surface area contributed by atoms with E-state index in [0.717, 1.165) is 23.3 Å². The second-order valence-electron chi connectivity index (χ2n) is 4.73. The van der Waals surface area contributed by atoms with E-state index in [-0.39, 0.29) is 0 Å². The quantitative estimate of drug-likeness (QED) is 0.652. The summed E-state index contributed by atoms with van der Waals surface area (Å²) < 4.78 is 0. The van der Waals surface area contributed by atoms with Crippen molar-refractivity contribution in [2.24, 2.45) is 11.8 Å². The highest BCUT2D eigenvalue weighted by molar-refractivity contribution is 6.02. The molecule has 0 saturated heterocycles. The highest BCUT2D eigenvalue weighted by Gasteiger charge is 2.24. The SMILES string of the molecule is C=C(C)/C=C\C1=C(C)C(C)C(C)CC1=N. The van der Waals surface area contributed by atoms with Crippen LogP contribution in [0.15, 0.2) is 35.5 Å². The van der Waals surface area contributed by atoms with Gasteiger partial charge in [-0.15, -0.1) is 0 Å². The summed E-state index contributed by atoms with van der Waals surface area (Å²) in [4.78, 5) is 0. The lowest BCUT2D eigenvalue weighted by atomic mass is 9.76. The highest BCUT2D eigenvalue weighted by atomic mass is 14.5. The maximum absolute atomic E-state index is 8.00. The molecule has 1 nitrogen and oxygen atoms in total. The summed E-state index contributed by atoms with van der Waals surface area (Å²) in [7, 11) is 0. The normalized spacial score (nSPS) is 27.6. The lowest BCUT2D eigenvalue weighted by Gasteiger charge is -2.29. The molecule has 0 heterocycles. The Morgan fingerprint density at radius 3 is 2.60 bits per heavy atom. The standard InChI is InChI=1S/C14H21N/c1-9(2)6-7-13-12(5)11(4)10(3)8-14(13)15/h6-7,10-11,15H,1,8H2,2-5H3/b7-6-,15-14?. The van der Waals surface area contributed by atoms with Gasteiger partial charge in [0.2, 0.25) is 0 Å². The van der Waals surface area contributed by atoms with Gasteiger partial charge in [0, 0.05) is 5.71 Å². The Hall–Kier alpha value is -1.11. The molecule has 0 spiro atoms. The smallest absolute Gasteiger partial charge is 0.0388 e. The molecular weight excluding hydrogens is 182 g/mol. The summed E-state index contributed by atoms with van der Waals surface area (Å²) in [5.41, 5.74) is 4.27. The molecule has 0 aliphatic heterocycles. The Morgan fingerprint density at radius 1 is 1.47 bits per heavy atom. The molecule has 0 aromatic rings. The minimum Gasteiger partial charge on any atom is -0.305 e. The van der Waals surface area contributed by atoms with Crippen molar-refractivity contribution in [1.82, 2.24) is 0 Å². The van der Waals surface area contributed by atoms with Crippen LogP contribution in [-0.2, 0) is 0 Å². The molecule has 0 radical (unpaired) electrons.